The Morgan fingerprint density at radius 2 is 1.00 bits per heavy atom. The van der Waals surface area contributed by atoms with Crippen LogP contribution >= 0.6 is 23.4 Å². The maximum Gasteiger partial charge on any atom is 0.193 e. The minimum atomic E-state index is 0.00626. The molecule has 0 saturated carbocycles. The van der Waals surface area contributed by atoms with Crippen LogP contribution in [-0.4, -0.2) is 41.9 Å². The third kappa shape index (κ3) is 12.9. The zero-order valence-corrected chi connectivity index (χ0v) is 32.2. The lowest BCUT2D eigenvalue weighted by molar-refractivity contribution is 0.103. The van der Waals surface area contributed by atoms with Gasteiger partial charge < -0.3 is 4.90 Å². The van der Waals surface area contributed by atoms with Gasteiger partial charge in [0.05, 0.1) is 0 Å². The molecule has 0 N–H and O–H groups in total. The standard InChI is InChI=1S/C25H27NO.C21H25ClOS/c1-25(26(2)3,18-20-10-6-4-7-11-20)19-21-14-16-23(17-15-21)24(27)22-12-8-5-9-13-22;1-2-3-4-5-6-7-16-24-20-14-10-18(11-15-20)21(23)17-8-12-19(22)13-9-17/h4-17H,18-19H2,1-3H3;8-15H,2-7,16H2,1H3. The summed E-state index contributed by atoms with van der Waals surface area (Å²) in [5, 5.41) is 0.646. The van der Waals surface area contributed by atoms with Crippen LogP contribution in [0.2, 0.25) is 5.02 Å². The molecule has 5 aromatic carbocycles. The van der Waals surface area contributed by atoms with Crippen molar-refractivity contribution in [2.75, 3.05) is 19.8 Å². The van der Waals surface area contributed by atoms with E-state index >= 15 is 0 Å². The zero-order chi connectivity index (χ0) is 36.5. The first kappa shape index (κ1) is 39.8. The number of rotatable bonds is 17. The zero-order valence-electron chi connectivity index (χ0n) is 30.6. The van der Waals surface area contributed by atoms with Gasteiger partial charge in [0.25, 0.3) is 0 Å². The number of unbranched alkanes of at least 4 members (excludes halogenated alkanes) is 5. The molecule has 0 radical (unpaired) electrons. The van der Waals surface area contributed by atoms with Crippen LogP contribution in [0.25, 0.3) is 0 Å². The molecule has 0 heterocycles. The molecule has 0 amide bonds. The van der Waals surface area contributed by atoms with Crippen molar-refractivity contribution in [1.82, 2.24) is 4.90 Å². The molecule has 0 fully saturated rings. The average Bonchev–Trinajstić information content (AvgIpc) is 3.16. The number of thioether (sulfide) groups is 1. The van der Waals surface area contributed by atoms with E-state index in [1.165, 1.54) is 54.5 Å². The lowest BCUT2D eigenvalue weighted by atomic mass is 9.85. The molecule has 266 valence electrons. The van der Waals surface area contributed by atoms with Crippen LogP contribution in [0.1, 0.15) is 95.3 Å². The Balaban J connectivity index is 0.000000230. The summed E-state index contributed by atoms with van der Waals surface area (Å²) in [7, 11) is 4.27. The van der Waals surface area contributed by atoms with Crippen molar-refractivity contribution in [3.05, 3.63) is 172 Å². The van der Waals surface area contributed by atoms with E-state index in [-0.39, 0.29) is 17.1 Å². The smallest absolute Gasteiger partial charge is 0.193 e. The topological polar surface area (TPSA) is 37.4 Å². The first-order valence-corrected chi connectivity index (χ1v) is 19.5. The molecule has 0 aromatic heterocycles. The molecule has 5 rings (SSSR count). The van der Waals surface area contributed by atoms with Gasteiger partial charge in [-0.05, 0) is 106 Å². The summed E-state index contributed by atoms with van der Waals surface area (Å²) in [6.07, 6.45) is 9.86. The van der Waals surface area contributed by atoms with Crippen molar-refractivity contribution < 1.29 is 9.59 Å². The normalized spacial score (nSPS) is 12.1. The number of halogens is 1. The summed E-state index contributed by atoms with van der Waals surface area (Å²) in [6.45, 7) is 4.54. The number of carbonyl (C=O) groups is 2. The number of carbonyl (C=O) groups excluding carboxylic acids is 2. The van der Waals surface area contributed by atoms with Crippen molar-refractivity contribution in [2.45, 2.75) is 75.6 Å². The molecule has 1 atom stereocenters. The number of benzene rings is 5. The van der Waals surface area contributed by atoms with Crippen molar-refractivity contribution >= 4 is 34.9 Å². The molecule has 0 aliphatic heterocycles. The van der Waals surface area contributed by atoms with Gasteiger partial charge in [-0.15, -0.1) is 11.8 Å². The second-order valence-corrected chi connectivity index (χ2v) is 15.2. The SMILES string of the molecule is CCCCCCCCSc1ccc(C(=O)c2ccc(Cl)cc2)cc1.CN(C)C(C)(Cc1ccccc1)Cc1ccc(C(=O)c2ccccc2)cc1. The van der Waals surface area contributed by atoms with Crippen LogP contribution in [0, 0.1) is 0 Å². The first-order valence-electron chi connectivity index (χ1n) is 18.1. The molecule has 0 spiro atoms. The molecule has 51 heavy (non-hydrogen) atoms. The van der Waals surface area contributed by atoms with Crippen LogP contribution < -0.4 is 0 Å². The second-order valence-electron chi connectivity index (χ2n) is 13.6. The lowest BCUT2D eigenvalue weighted by Crippen LogP contribution is -2.45. The Bertz CT molecular complexity index is 1760. The Labute approximate surface area is 315 Å². The van der Waals surface area contributed by atoms with E-state index in [1.807, 2.05) is 78.5 Å². The van der Waals surface area contributed by atoms with Gasteiger partial charge >= 0.3 is 0 Å². The quantitative estimate of drug-likeness (QED) is 0.0545. The highest BCUT2D eigenvalue weighted by atomic mass is 35.5. The van der Waals surface area contributed by atoms with Crippen LogP contribution in [0.5, 0.6) is 0 Å². The average molecular weight is 718 g/mol. The van der Waals surface area contributed by atoms with Crippen LogP contribution in [0.3, 0.4) is 0 Å². The monoisotopic (exact) mass is 717 g/mol. The molecule has 0 aliphatic rings. The Hall–Kier alpha value is -3.96. The summed E-state index contributed by atoms with van der Waals surface area (Å²) in [6, 6.07) is 43.1. The highest BCUT2D eigenvalue weighted by molar-refractivity contribution is 7.99. The van der Waals surface area contributed by atoms with Crippen LogP contribution in [-0.2, 0) is 12.8 Å². The molecule has 5 aromatic rings. The van der Waals surface area contributed by atoms with Gasteiger partial charge in [-0.3, -0.25) is 9.59 Å². The number of nitrogens with zero attached hydrogens (tertiary/aromatic N) is 1. The highest BCUT2D eigenvalue weighted by Gasteiger charge is 2.27. The van der Waals surface area contributed by atoms with Crippen LogP contribution in [0.4, 0.5) is 0 Å². The van der Waals surface area contributed by atoms with Crippen molar-refractivity contribution in [3.63, 3.8) is 0 Å². The van der Waals surface area contributed by atoms with E-state index in [0.717, 1.165) is 35.3 Å². The fourth-order valence-electron chi connectivity index (χ4n) is 5.93. The summed E-state index contributed by atoms with van der Waals surface area (Å²) in [5.41, 5.74) is 5.45. The van der Waals surface area contributed by atoms with Crippen molar-refractivity contribution in [1.29, 1.82) is 0 Å². The molecule has 3 nitrogen and oxygen atoms in total. The number of ketones is 2. The largest absolute Gasteiger partial charge is 0.303 e. The molecular weight excluding hydrogens is 666 g/mol. The Morgan fingerprint density at radius 3 is 1.53 bits per heavy atom. The van der Waals surface area contributed by atoms with E-state index in [0.29, 0.717) is 10.6 Å². The van der Waals surface area contributed by atoms with E-state index in [2.05, 4.69) is 75.3 Å². The fourth-order valence-corrected chi connectivity index (χ4v) is 6.97. The number of likely N-dealkylation sites (N-methyl/N-ethyl adjacent to an activating group) is 1. The maximum absolute atomic E-state index is 12.6. The maximum atomic E-state index is 12.6. The van der Waals surface area contributed by atoms with Gasteiger partial charge in [0.2, 0.25) is 0 Å². The van der Waals surface area contributed by atoms with Gasteiger partial charge in [0, 0.05) is 37.7 Å². The number of hydrogen-bond acceptors (Lipinski definition) is 4. The minimum Gasteiger partial charge on any atom is -0.303 e. The molecule has 0 saturated heterocycles. The van der Waals surface area contributed by atoms with Gasteiger partial charge in [-0.25, -0.2) is 0 Å². The highest BCUT2D eigenvalue weighted by Crippen LogP contribution is 2.25. The molecular formula is C46H52ClNO2S. The third-order valence-electron chi connectivity index (χ3n) is 9.33. The molecule has 5 heteroatoms. The minimum absolute atomic E-state index is 0.00626. The summed E-state index contributed by atoms with van der Waals surface area (Å²) < 4.78 is 0. The van der Waals surface area contributed by atoms with E-state index < -0.39 is 0 Å². The Morgan fingerprint density at radius 1 is 0.569 bits per heavy atom. The Kier molecular flexibility index (Phi) is 16.2. The predicted molar refractivity (Wildman–Crippen MR) is 218 cm³/mol. The van der Waals surface area contributed by atoms with Crippen molar-refractivity contribution in [3.8, 4) is 0 Å². The van der Waals surface area contributed by atoms with E-state index in [9.17, 15) is 9.59 Å². The van der Waals surface area contributed by atoms with Gasteiger partial charge in [0.15, 0.2) is 11.6 Å². The summed E-state index contributed by atoms with van der Waals surface area (Å²) in [5.74, 6) is 1.26. The lowest BCUT2D eigenvalue weighted by Gasteiger charge is -2.37. The number of hydrogen-bond donors (Lipinski definition) is 0. The predicted octanol–water partition coefficient (Wildman–Crippen LogP) is 12.0. The van der Waals surface area contributed by atoms with Gasteiger partial charge in [0.1, 0.15) is 0 Å². The van der Waals surface area contributed by atoms with Crippen molar-refractivity contribution in [2.24, 2.45) is 0 Å². The molecule has 1 unspecified atom stereocenters. The van der Waals surface area contributed by atoms with Crippen LogP contribution in [0.15, 0.2) is 138 Å². The van der Waals surface area contributed by atoms with Gasteiger partial charge in [-0.2, -0.15) is 0 Å². The summed E-state index contributed by atoms with van der Waals surface area (Å²) in [4.78, 5) is 28.5. The van der Waals surface area contributed by atoms with E-state index in [4.69, 9.17) is 11.6 Å². The van der Waals surface area contributed by atoms with E-state index in [1.54, 1.807) is 24.3 Å². The fraction of sp³-hybridized carbons (Fsp3) is 0.304. The third-order valence-corrected chi connectivity index (χ3v) is 10.7. The first-order chi connectivity index (χ1) is 24.7. The van der Waals surface area contributed by atoms with Gasteiger partial charge in [-0.1, -0.05) is 136 Å². The summed E-state index contributed by atoms with van der Waals surface area (Å²) >= 11 is 7.74. The molecule has 0 aliphatic carbocycles. The second kappa shape index (κ2) is 20.8. The molecule has 0 bridgehead atoms.